The van der Waals surface area contributed by atoms with E-state index in [1.54, 1.807) is 6.20 Å². The van der Waals surface area contributed by atoms with Gasteiger partial charge in [-0.05, 0) is 30.7 Å². The summed E-state index contributed by atoms with van der Waals surface area (Å²) in [6, 6.07) is 13.7. The van der Waals surface area contributed by atoms with Crippen molar-refractivity contribution in [3.63, 3.8) is 0 Å². The minimum absolute atomic E-state index is 0.0311. The van der Waals surface area contributed by atoms with Gasteiger partial charge in [0.2, 0.25) is 5.91 Å². The SMILES string of the molecule is O=C(CCCc1ncc(-c2ccccc2)o1)NCC(O)COc1ccc(C(F)(F)F)cc1. The molecule has 0 spiro atoms. The number of hydrogen-bond donors (Lipinski definition) is 2. The number of carbonyl (C=O) groups excluding carboxylic acids is 1. The van der Waals surface area contributed by atoms with E-state index in [2.05, 4.69) is 10.3 Å². The van der Waals surface area contributed by atoms with Crippen molar-refractivity contribution in [3.8, 4) is 17.1 Å². The number of halogens is 3. The Morgan fingerprint density at radius 1 is 1.12 bits per heavy atom. The highest BCUT2D eigenvalue weighted by Gasteiger charge is 2.30. The van der Waals surface area contributed by atoms with E-state index in [1.165, 1.54) is 12.1 Å². The average Bonchev–Trinajstić information content (AvgIpc) is 3.25. The Kier molecular flexibility index (Phi) is 7.88. The van der Waals surface area contributed by atoms with Crippen LogP contribution in [0.1, 0.15) is 24.3 Å². The van der Waals surface area contributed by atoms with Gasteiger partial charge in [0, 0.05) is 24.9 Å². The number of oxazole rings is 1. The molecule has 1 aromatic heterocycles. The molecule has 9 heteroatoms. The molecule has 1 unspecified atom stereocenters. The molecule has 0 saturated carbocycles. The summed E-state index contributed by atoms with van der Waals surface area (Å²) in [6.07, 6.45) is -2.51. The van der Waals surface area contributed by atoms with Crippen LogP contribution < -0.4 is 10.1 Å². The fourth-order valence-corrected chi connectivity index (χ4v) is 2.87. The Labute approximate surface area is 183 Å². The lowest BCUT2D eigenvalue weighted by molar-refractivity contribution is -0.137. The standard InChI is InChI=1S/C23H23F3N2O4/c24-23(25,26)17-9-11-19(12-10-17)31-15-18(29)13-27-21(30)7-4-8-22-28-14-20(32-22)16-5-2-1-3-6-16/h1-3,5-6,9-12,14,18,29H,4,7-8,13,15H2,(H,27,30). The number of aromatic nitrogens is 1. The fraction of sp³-hybridized carbons (Fsp3) is 0.304. The maximum atomic E-state index is 12.5. The summed E-state index contributed by atoms with van der Waals surface area (Å²) >= 11 is 0. The third-order valence-corrected chi connectivity index (χ3v) is 4.57. The molecule has 2 aromatic carbocycles. The molecule has 6 nitrogen and oxygen atoms in total. The number of carbonyl (C=O) groups is 1. The summed E-state index contributed by atoms with van der Waals surface area (Å²) < 4.78 is 48.6. The third kappa shape index (κ3) is 7.12. The fourth-order valence-electron chi connectivity index (χ4n) is 2.87. The number of aryl methyl sites for hydroxylation is 1. The molecule has 2 N–H and O–H groups in total. The lowest BCUT2D eigenvalue weighted by atomic mass is 10.2. The van der Waals surface area contributed by atoms with E-state index in [-0.39, 0.29) is 31.2 Å². The van der Waals surface area contributed by atoms with E-state index in [4.69, 9.17) is 9.15 Å². The maximum Gasteiger partial charge on any atom is 0.416 e. The van der Waals surface area contributed by atoms with Gasteiger partial charge in [0.05, 0.1) is 11.8 Å². The smallest absolute Gasteiger partial charge is 0.416 e. The maximum absolute atomic E-state index is 12.5. The summed E-state index contributed by atoms with van der Waals surface area (Å²) in [7, 11) is 0. The van der Waals surface area contributed by atoms with Crippen LogP contribution >= 0.6 is 0 Å². The first-order chi connectivity index (χ1) is 15.3. The lowest BCUT2D eigenvalue weighted by Gasteiger charge is -2.14. The van der Waals surface area contributed by atoms with Gasteiger partial charge in [-0.3, -0.25) is 4.79 Å². The second-order valence-electron chi connectivity index (χ2n) is 7.13. The Hall–Kier alpha value is -3.33. The molecule has 1 amide bonds. The molecule has 0 fully saturated rings. The van der Waals surface area contributed by atoms with Crippen molar-refractivity contribution in [3.05, 3.63) is 72.2 Å². The predicted molar refractivity (Wildman–Crippen MR) is 111 cm³/mol. The predicted octanol–water partition coefficient (Wildman–Crippen LogP) is 4.24. The highest BCUT2D eigenvalue weighted by atomic mass is 19.4. The van der Waals surface area contributed by atoms with Crippen LogP contribution in [-0.4, -0.2) is 35.3 Å². The van der Waals surface area contributed by atoms with E-state index in [1.807, 2.05) is 30.3 Å². The Morgan fingerprint density at radius 2 is 1.84 bits per heavy atom. The summed E-state index contributed by atoms with van der Waals surface area (Å²) in [5.74, 6) is 1.17. The first-order valence-corrected chi connectivity index (χ1v) is 10.1. The molecule has 1 heterocycles. The van der Waals surface area contributed by atoms with Crippen molar-refractivity contribution in [1.29, 1.82) is 0 Å². The molecule has 0 aliphatic rings. The number of amides is 1. The Morgan fingerprint density at radius 3 is 2.53 bits per heavy atom. The van der Waals surface area contributed by atoms with Crippen LogP contribution in [-0.2, 0) is 17.4 Å². The minimum Gasteiger partial charge on any atom is -0.491 e. The molecule has 1 atom stereocenters. The van der Waals surface area contributed by atoms with Crippen molar-refractivity contribution < 1.29 is 32.2 Å². The number of alkyl halides is 3. The average molecular weight is 448 g/mol. The first-order valence-electron chi connectivity index (χ1n) is 10.1. The van der Waals surface area contributed by atoms with Crippen molar-refractivity contribution in [2.75, 3.05) is 13.2 Å². The molecule has 0 radical (unpaired) electrons. The van der Waals surface area contributed by atoms with Crippen molar-refractivity contribution in [2.45, 2.75) is 31.5 Å². The topological polar surface area (TPSA) is 84.6 Å². The van der Waals surface area contributed by atoms with Crippen LogP contribution in [0.4, 0.5) is 13.2 Å². The van der Waals surface area contributed by atoms with E-state index in [0.717, 1.165) is 17.7 Å². The van der Waals surface area contributed by atoms with Gasteiger partial charge < -0.3 is 19.6 Å². The largest absolute Gasteiger partial charge is 0.491 e. The van der Waals surface area contributed by atoms with Crippen LogP contribution in [0.5, 0.6) is 5.75 Å². The second kappa shape index (κ2) is 10.8. The number of aliphatic hydroxyl groups is 1. The number of benzene rings is 2. The minimum atomic E-state index is -4.42. The van der Waals surface area contributed by atoms with Gasteiger partial charge >= 0.3 is 6.18 Å². The van der Waals surface area contributed by atoms with Crippen LogP contribution in [0.15, 0.2) is 65.2 Å². The van der Waals surface area contributed by atoms with Crippen LogP contribution in [0.25, 0.3) is 11.3 Å². The Bertz CT molecular complexity index is 988. The van der Waals surface area contributed by atoms with E-state index in [9.17, 15) is 23.1 Å². The van der Waals surface area contributed by atoms with Gasteiger partial charge in [0.1, 0.15) is 18.5 Å². The number of ether oxygens (including phenoxy) is 1. The molecule has 3 rings (SSSR count). The van der Waals surface area contributed by atoms with Crippen LogP contribution in [0.3, 0.4) is 0 Å². The molecule has 3 aromatic rings. The quantitative estimate of drug-likeness (QED) is 0.485. The zero-order valence-corrected chi connectivity index (χ0v) is 17.1. The van der Waals surface area contributed by atoms with Gasteiger partial charge in [0.15, 0.2) is 11.7 Å². The molecule has 170 valence electrons. The number of nitrogens with one attached hydrogen (secondary N) is 1. The normalized spacial score (nSPS) is 12.4. The molecule has 0 aliphatic heterocycles. The number of aliphatic hydroxyl groups excluding tert-OH is 1. The van der Waals surface area contributed by atoms with Gasteiger partial charge in [-0.15, -0.1) is 0 Å². The van der Waals surface area contributed by atoms with Gasteiger partial charge in [-0.2, -0.15) is 13.2 Å². The number of nitrogens with zero attached hydrogens (tertiary/aromatic N) is 1. The lowest BCUT2D eigenvalue weighted by Crippen LogP contribution is -2.35. The molecule has 32 heavy (non-hydrogen) atoms. The molecule has 0 saturated heterocycles. The monoisotopic (exact) mass is 448 g/mol. The first kappa shape index (κ1) is 23.3. The second-order valence-corrected chi connectivity index (χ2v) is 7.13. The summed E-state index contributed by atoms with van der Waals surface area (Å²) in [6.45, 7) is -0.194. The molecule has 0 bridgehead atoms. The van der Waals surface area contributed by atoms with Crippen molar-refractivity contribution >= 4 is 5.91 Å². The van der Waals surface area contributed by atoms with E-state index >= 15 is 0 Å². The van der Waals surface area contributed by atoms with Crippen LogP contribution in [0, 0.1) is 0 Å². The van der Waals surface area contributed by atoms with Gasteiger partial charge in [0.25, 0.3) is 0 Å². The van der Waals surface area contributed by atoms with Gasteiger partial charge in [-0.25, -0.2) is 4.98 Å². The number of hydrogen-bond acceptors (Lipinski definition) is 5. The number of rotatable bonds is 10. The summed E-state index contributed by atoms with van der Waals surface area (Å²) in [4.78, 5) is 16.2. The molecular formula is C23H23F3N2O4. The zero-order chi connectivity index (χ0) is 23.0. The highest BCUT2D eigenvalue weighted by molar-refractivity contribution is 5.75. The van der Waals surface area contributed by atoms with Gasteiger partial charge in [-0.1, -0.05) is 30.3 Å². The molecular weight excluding hydrogens is 425 g/mol. The van der Waals surface area contributed by atoms with Crippen molar-refractivity contribution in [2.24, 2.45) is 0 Å². The van der Waals surface area contributed by atoms with Crippen LogP contribution in [0.2, 0.25) is 0 Å². The summed E-state index contributed by atoms with van der Waals surface area (Å²) in [5.41, 5.74) is 0.148. The third-order valence-electron chi connectivity index (χ3n) is 4.57. The summed E-state index contributed by atoms with van der Waals surface area (Å²) in [5, 5.41) is 12.5. The van der Waals surface area contributed by atoms with Crippen molar-refractivity contribution in [1.82, 2.24) is 10.3 Å². The highest BCUT2D eigenvalue weighted by Crippen LogP contribution is 2.30. The van der Waals surface area contributed by atoms with E-state index in [0.29, 0.717) is 24.5 Å². The molecule has 0 aliphatic carbocycles. The zero-order valence-electron chi connectivity index (χ0n) is 17.1. The van der Waals surface area contributed by atoms with E-state index < -0.39 is 17.8 Å². The Balaban J connectivity index is 1.32.